The van der Waals surface area contributed by atoms with Crippen LogP contribution >= 0.6 is 0 Å². The van der Waals surface area contributed by atoms with Crippen molar-refractivity contribution in [3.63, 3.8) is 0 Å². The number of rotatable bonds is 11. The molecule has 3 nitrogen and oxygen atoms in total. The van der Waals surface area contributed by atoms with E-state index in [1.165, 1.54) is 61.5 Å². The molecule has 0 saturated heterocycles. The molecule has 0 aliphatic carbocycles. The van der Waals surface area contributed by atoms with Gasteiger partial charge in [0.05, 0.1) is 0 Å². The molecule has 0 unspecified atom stereocenters. The van der Waals surface area contributed by atoms with Crippen molar-refractivity contribution >= 4 is 30.7 Å². The summed E-state index contributed by atoms with van der Waals surface area (Å²) < 4.78 is 1.80. The van der Waals surface area contributed by atoms with Crippen molar-refractivity contribution in [2.24, 2.45) is 0 Å². The van der Waals surface area contributed by atoms with Crippen LogP contribution in [0.1, 0.15) is 78.6 Å². The predicted octanol–water partition coefficient (Wildman–Crippen LogP) is 4.12. The Morgan fingerprint density at radius 2 is 1.48 bits per heavy atom. The molecular weight excluding hydrogens is 365 g/mol. The maximum atomic E-state index is 5.83. The fraction of sp³-hybridized carbons (Fsp3) is 0.765. The van der Waals surface area contributed by atoms with Crippen LogP contribution in [-0.2, 0) is 0 Å². The second-order valence-corrected chi connectivity index (χ2v) is 11.2. The molecule has 118 valence electrons. The van der Waals surface area contributed by atoms with E-state index >= 15 is 0 Å². The molecule has 0 amide bonds. The van der Waals surface area contributed by atoms with Gasteiger partial charge in [-0.15, -0.1) is 0 Å². The van der Waals surface area contributed by atoms with Gasteiger partial charge < -0.3 is 0 Å². The van der Waals surface area contributed by atoms with E-state index < -0.39 is 21.1 Å². The molecule has 0 aromatic carbocycles. The first-order chi connectivity index (χ1) is 10.2. The summed E-state index contributed by atoms with van der Waals surface area (Å²) in [6.45, 7) is 6.90. The Morgan fingerprint density at radius 3 is 1.90 bits per heavy atom. The van der Waals surface area contributed by atoms with Gasteiger partial charge in [0.1, 0.15) is 0 Å². The molecule has 0 aliphatic heterocycles. The molecule has 2 N–H and O–H groups in total. The summed E-state index contributed by atoms with van der Waals surface area (Å²) in [6, 6.07) is 0. The van der Waals surface area contributed by atoms with Gasteiger partial charge in [-0.3, -0.25) is 0 Å². The zero-order valence-electron chi connectivity index (χ0n) is 14.0. The van der Waals surface area contributed by atoms with Crippen LogP contribution < -0.4 is 9.44 Å². The molecule has 0 aliphatic rings. The van der Waals surface area contributed by atoms with Crippen LogP contribution in [0.2, 0.25) is 3.43 Å². The van der Waals surface area contributed by atoms with Crippen molar-refractivity contribution in [3.8, 4) is 0 Å². The molecule has 0 spiro atoms. The van der Waals surface area contributed by atoms with E-state index in [9.17, 15) is 0 Å². The Balaban J connectivity index is 2.88. The Kier molecular flexibility index (Phi) is 9.29. The first-order valence-corrected chi connectivity index (χ1v) is 11.4. The van der Waals surface area contributed by atoms with E-state index in [-0.39, 0.29) is 0 Å². The average Bonchev–Trinajstić information content (AvgIpc) is 2.48. The van der Waals surface area contributed by atoms with Crippen LogP contribution in [0.5, 0.6) is 0 Å². The van der Waals surface area contributed by atoms with Crippen molar-refractivity contribution in [3.05, 3.63) is 12.4 Å². The van der Waals surface area contributed by atoms with Crippen molar-refractivity contribution in [1.82, 2.24) is 9.97 Å². The third-order valence-electron chi connectivity index (χ3n) is 4.07. The standard InChI is InChI=1S/C13H27.C4H4N3.Sn/c1-4-7-10-13(11-8-5-2)12-9-6-3;5-4-3-6-1-2-7-4;/h4-12H2,1-3H3;1,3H,(H2,5,7);. The number of hydrogen-bond acceptors (Lipinski definition) is 3. The number of unbranched alkanes of at least 4 members (excludes halogenated alkanes) is 3. The Hall–Kier alpha value is -0.321. The summed E-state index contributed by atoms with van der Waals surface area (Å²) in [7, 11) is 0. The van der Waals surface area contributed by atoms with Gasteiger partial charge in [0, 0.05) is 0 Å². The van der Waals surface area contributed by atoms with Gasteiger partial charge in [-0.2, -0.15) is 0 Å². The fourth-order valence-electron chi connectivity index (χ4n) is 2.82. The maximum absolute atomic E-state index is 5.83. The quantitative estimate of drug-likeness (QED) is 0.573. The van der Waals surface area contributed by atoms with Crippen molar-refractivity contribution in [1.29, 1.82) is 0 Å². The van der Waals surface area contributed by atoms with Gasteiger partial charge in [0.25, 0.3) is 0 Å². The minimum atomic E-state index is -0.770. The number of nitrogens with zero attached hydrogens (tertiary/aromatic N) is 2. The third-order valence-corrected chi connectivity index (χ3v) is 9.15. The Bertz CT molecular complexity index is 374. The van der Waals surface area contributed by atoms with Crippen molar-refractivity contribution in [2.45, 2.75) is 82.0 Å². The van der Waals surface area contributed by atoms with E-state index in [0.29, 0.717) is 9.25 Å². The summed E-state index contributed by atoms with van der Waals surface area (Å²) in [6.07, 6.45) is 15.7. The fourth-order valence-corrected chi connectivity index (χ4v) is 7.88. The van der Waals surface area contributed by atoms with Crippen LogP contribution in [-0.4, -0.2) is 31.1 Å². The zero-order valence-corrected chi connectivity index (χ0v) is 16.8. The molecule has 0 fully saturated rings. The van der Waals surface area contributed by atoms with Gasteiger partial charge in [0.15, 0.2) is 0 Å². The van der Waals surface area contributed by atoms with Crippen LogP contribution in [0.3, 0.4) is 0 Å². The van der Waals surface area contributed by atoms with E-state index in [4.69, 9.17) is 5.73 Å². The van der Waals surface area contributed by atoms with Crippen LogP contribution in [0.25, 0.3) is 0 Å². The monoisotopic (exact) mass is 397 g/mol. The molecule has 0 bridgehead atoms. The number of nitrogens with two attached hydrogens (primary N) is 1. The second-order valence-electron chi connectivity index (χ2n) is 6.05. The molecule has 21 heavy (non-hydrogen) atoms. The molecule has 1 rings (SSSR count). The summed E-state index contributed by atoms with van der Waals surface area (Å²) in [5.41, 5.74) is 5.83. The number of hydrogen-bond donors (Lipinski definition) is 1. The zero-order chi connectivity index (χ0) is 15.6. The molecule has 1 aromatic heterocycles. The SMILES string of the molecule is CCCC[C](CCCC)(CCCC)[Sn][c]1cncc(N)n1. The van der Waals surface area contributed by atoms with Crippen LogP contribution in [0, 0.1) is 0 Å². The van der Waals surface area contributed by atoms with Gasteiger partial charge in [0.2, 0.25) is 0 Å². The van der Waals surface area contributed by atoms with Crippen molar-refractivity contribution in [2.75, 3.05) is 5.73 Å². The molecule has 0 atom stereocenters. The summed E-state index contributed by atoms with van der Waals surface area (Å²) in [4.78, 5) is 8.84. The van der Waals surface area contributed by atoms with E-state index in [1.807, 2.05) is 6.20 Å². The van der Waals surface area contributed by atoms with Gasteiger partial charge in [-0.25, -0.2) is 0 Å². The van der Waals surface area contributed by atoms with E-state index in [0.717, 1.165) is 0 Å². The summed E-state index contributed by atoms with van der Waals surface area (Å²) in [5, 5.41) is 0. The molecule has 4 heteroatoms. The summed E-state index contributed by atoms with van der Waals surface area (Å²) >= 11 is -0.770. The molecule has 1 heterocycles. The normalized spacial score (nSPS) is 11.8. The molecular formula is C17H31N3Sn. The number of anilines is 1. The van der Waals surface area contributed by atoms with E-state index in [2.05, 4.69) is 30.7 Å². The van der Waals surface area contributed by atoms with Gasteiger partial charge in [-0.1, -0.05) is 0 Å². The van der Waals surface area contributed by atoms with Crippen LogP contribution in [0.4, 0.5) is 5.82 Å². The van der Waals surface area contributed by atoms with Gasteiger partial charge >= 0.3 is 141 Å². The number of nitrogen functional groups attached to an aromatic ring is 1. The topological polar surface area (TPSA) is 51.8 Å². The van der Waals surface area contributed by atoms with Crippen molar-refractivity contribution < 1.29 is 0 Å². The first-order valence-electron chi connectivity index (χ1n) is 8.51. The minimum absolute atomic E-state index is 0.563. The molecule has 0 saturated carbocycles. The first kappa shape index (κ1) is 18.7. The number of aromatic nitrogens is 2. The Morgan fingerprint density at radius 1 is 0.952 bits per heavy atom. The van der Waals surface area contributed by atoms with E-state index in [1.54, 1.807) is 6.20 Å². The second kappa shape index (κ2) is 10.4. The summed E-state index contributed by atoms with van der Waals surface area (Å²) in [5.74, 6) is 0.587. The molecule has 1 aromatic rings. The Labute approximate surface area is 140 Å². The van der Waals surface area contributed by atoms with Gasteiger partial charge in [-0.05, 0) is 0 Å². The van der Waals surface area contributed by atoms with Crippen LogP contribution in [0.15, 0.2) is 12.4 Å². The predicted molar refractivity (Wildman–Crippen MR) is 93.1 cm³/mol. The molecule has 2 radical (unpaired) electrons. The third kappa shape index (κ3) is 6.98. The average molecular weight is 396 g/mol.